The van der Waals surface area contributed by atoms with Gasteiger partial charge < -0.3 is 14.8 Å². The Balaban J connectivity index is 2.30. The van der Waals surface area contributed by atoms with Crippen molar-refractivity contribution < 1.29 is 9.47 Å². The number of hydrogen-bond acceptors (Lipinski definition) is 5. The zero-order chi connectivity index (χ0) is 14.7. The van der Waals surface area contributed by atoms with Crippen LogP contribution in [0.1, 0.15) is 0 Å². The largest absolute Gasteiger partial charge is 0.362 e. The summed E-state index contributed by atoms with van der Waals surface area (Å²) in [6, 6.07) is 3.26. The van der Waals surface area contributed by atoms with Crippen molar-refractivity contribution in [2.75, 3.05) is 26.1 Å². The fourth-order valence-corrected chi connectivity index (χ4v) is 2.10. The number of nitrogens with zero attached hydrogens (tertiary/aromatic N) is 2. The zero-order valence-corrected chi connectivity index (χ0v) is 13.1. The molecular formula is C12H12Cl3N3O2. The number of methoxy groups -OCH3 is 2. The van der Waals surface area contributed by atoms with E-state index in [2.05, 4.69) is 15.3 Å². The minimum atomic E-state index is -0.405. The normalized spacial score (nSPS) is 11.3. The molecule has 1 aromatic heterocycles. The van der Waals surface area contributed by atoms with Crippen molar-refractivity contribution in [3.8, 4) is 0 Å². The van der Waals surface area contributed by atoms with Crippen LogP contribution in [-0.4, -0.2) is 37.0 Å². The maximum absolute atomic E-state index is 6.07. The van der Waals surface area contributed by atoms with Crippen molar-refractivity contribution in [3.63, 3.8) is 0 Å². The van der Waals surface area contributed by atoms with Crippen LogP contribution in [0, 0.1) is 0 Å². The fourth-order valence-electron chi connectivity index (χ4n) is 1.59. The molecule has 0 aliphatic heterocycles. The van der Waals surface area contributed by atoms with E-state index in [4.69, 9.17) is 44.3 Å². The van der Waals surface area contributed by atoms with E-state index in [-0.39, 0.29) is 5.15 Å². The smallest absolute Gasteiger partial charge is 0.173 e. The fraction of sp³-hybridized carbons (Fsp3) is 0.333. The van der Waals surface area contributed by atoms with E-state index in [0.29, 0.717) is 33.4 Å². The highest BCUT2D eigenvalue weighted by Crippen LogP contribution is 2.28. The Morgan fingerprint density at radius 1 is 1.05 bits per heavy atom. The number of ether oxygens (including phenoxy) is 2. The molecule has 0 spiro atoms. The predicted molar refractivity (Wildman–Crippen MR) is 80.9 cm³/mol. The molecule has 20 heavy (non-hydrogen) atoms. The number of fused-ring (bicyclic) bond motifs is 1. The zero-order valence-electron chi connectivity index (χ0n) is 10.8. The van der Waals surface area contributed by atoms with E-state index in [9.17, 15) is 0 Å². The molecule has 8 heteroatoms. The SMILES string of the molecule is COC(CNc1nc2cc(Cl)c(Cl)cc2nc1Cl)OC. The molecular weight excluding hydrogens is 325 g/mol. The van der Waals surface area contributed by atoms with Gasteiger partial charge in [0.05, 0.1) is 27.6 Å². The van der Waals surface area contributed by atoms with Crippen LogP contribution < -0.4 is 5.32 Å². The van der Waals surface area contributed by atoms with Gasteiger partial charge in [-0.3, -0.25) is 0 Å². The average Bonchev–Trinajstić information content (AvgIpc) is 2.42. The van der Waals surface area contributed by atoms with E-state index < -0.39 is 6.29 Å². The van der Waals surface area contributed by atoms with E-state index in [1.54, 1.807) is 26.4 Å². The second-order valence-corrected chi connectivity index (χ2v) is 5.07. The molecule has 0 radical (unpaired) electrons. The molecule has 0 atom stereocenters. The van der Waals surface area contributed by atoms with E-state index in [1.165, 1.54) is 0 Å². The Morgan fingerprint density at radius 2 is 1.60 bits per heavy atom. The molecule has 0 unspecified atom stereocenters. The molecule has 0 fully saturated rings. The first-order chi connectivity index (χ1) is 9.55. The maximum Gasteiger partial charge on any atom is 0.173 e. The van der Waals surface area contributed by atoms with Crippen LogP contribution in [-0.2, 0) is 9.47 Å². The summed E-state index contributed by atoms with van der Waals surface area (Å²) < 4.78 is 10.1. The number of rotatable bonds is 5. The lowest BCUT2D eigenvalue weighted by molar-refractivity contribution is -0.0914. The summed E-state index contributed by atoms with van der Waals surface area (Å²) in [5.74, 6) is 0.427. The summed E-state index contributed by atoms with van der Waals surface area (Å²) in [4.78, 5) is 8.58. The molecule has 1 aromatic carbocycles. The quantitative estimate of drug-likeness (QED) is 0.845. The molecule has 108 valence electrons. The van der Waals surface area contributed by atoms with E-state index >= 15 is 0 Å². The van der Waals surface area contributed by atoms with Crippen molar-refractivity contribution in [2.24, 2.45) is 0 Å². The first-order valence-electron chi connectivity index (χ1n) is 5.67. The number of nitrogens with one attached hydrogen (secondary N) is 1. The third-order valence-corrected chi connectivity index (χ3v) is 3.61. The third-order valence-electron chi connectivity index (χ3n) is 2.63. The molecule has 5 nitrogen and oxygen atoms in total. The predicted octanol–water partition coefficient (Wildman–Crippen LogP) is 3.62. The lowest BCUT2D eigenvalue weighted by atomic mass is 10.3. The summed E-state index contributed by atoms with van der Waals surface area (Å²) >= 11 is 18.0. The second-order valence-electron chi connectivity index (χ2n) is 3.90. The number of anilines is 1. The summed E-state index contributed by atoms with van der Waals surface area (Å²) in [5.41, 5.74) is 1.17. The molecule has 1 heterocycles. The molecule has 2 rings (SSSR count). The van der Waals surface area contributed by atoms with E-state index in [0.717, 1.165) is 0 Å². The van der Waals surface area contributed by atoms with Crippen LogP contribution in [0.2, 0.25) is 15.2 Å². The van der Waals surface area contributed by atoms with Crippen molar-refractivity contribution in [3.05, 3.63) is 27.3 Å². The van der Waals surface area contributed by atoms with Gasteiger partial charge >= 0.3 is 0 Å². The Morgan fingerprint density at radius 3 is 2.15 bits per heavy atom. The minimum Gasteiger partial charge on any atom is -0.362 e. The molecule has 0 amide bonds. The van der Waals surface area contributed by atoms with Crippen LogP contribution in [0.25, 0.3) is 11.0 Å². The van der Waals surface area contributed by atoms with Gasteiger partial charge in [0.1, 0.15) is 0 Å². The van der Waals surface area contributed by atoms with Crippen molar-refractivity contribution in [1.29, 1.82) is 0 Å². The molecule has 0 saturated heterocycles. The maximum atomic E-state index is 6.07. The van der Waals surface area contributed by atoms with Gasteiger partial charge in [-0.25, -0.2) is 9.97 Å². The highest BCUT2D eigenvalue weighted by molar-refractivity contribution is 6.42. The van der Waals surface area contributed by atoms with Crippen LogP contribution in [0.5, 0.6) is 0 Å². The molecule has 0 aliphatic rings. The Hall–Kier alpha value is -0.850. The number of halogens is 3. The number of hydrogen-bond donors (Lipinski definition) is 1. The topological polar surface area (TPSA) is 56.3 Å². The van der Waals surface area contributed by atoms with Gasteiger partial charge in [-0.05, 0) is 12.1 Å². The van der Waals surface area contributed by atoms with Gasteiger partial charge in [-0.15, -0.1) is 0 Å². The molecule has 0 aliphatic carbocycles. The minimum absolute atomic E-state index is 0.238. The Labute approximate surface area is 131 Å². The highest BCUT2D eigenvalue weighted by atomic mass is 35.5. The van der Waals surface area contributed by atoms with Gasteiger partial charge in [0.25, 0.3) is 0 Å². The number of aromatic nitrogens is 2. The monoisotopic (exact) mass is 335 g/mol. The highest BCUT2D eigenvalue weighted by Gasteiger charge is 2.11. The summed E-state index contributed by atoms with van der Waals surface area (Å²) in [7, 11) is 3.09. The van der Waals surface area contributed by atoms with E-state index in [1.807, 2.05) is 0 Å². The van der Waals surface area contributed by atoms with Crippen LogP contribution in [0.4, 0.5) is 5.82 Å². The Kier molecular flexibility index (Phi) is 5.23. The second kappa shape index (κ2) is 6.74. The van der Waals surface area contributed by atoms with Crippen molar-refractivity contribution >= 4 is 51.7 Å². The average molecular weight is 337 g/mol. The van der Waals surface area contributed by atoms with Crippen LogP contribution in [0.15, 0.2) is 12.1 Å². The lowest BCUT2D eigenvalue weighted by Gasteiger charge is -2.15. The first kappa shape index (κ1) is 15.5. The lowest BCUT2D eigenvalue weighted by Crippen LogP contribution is -2.24. The van der Waals surface area contributed by atoms with Gasteiger partial charge in [0.2, 0.25) is 0 Å². The van der Waals surface area contributed by atoms with Gasteiger partial charge in [-0.1, -0.05) is 34.8 Å². The standard InChI is InChI=1S/C12H12Cl3N3O2/c1-19-10(20-2)5-16-12-11(15)17-8-3-6(13)7(14)4-9(8)18-12/h3-4,10H,5H2,1-2H3,(H,16,18). The molecule has 2 aromatic rings. The van der Waals surface area contributed by atoms with Crippen molar-refractivity contribution in [2.45, 2.75) is 6.29 Å². The van der Waals surface area contributed by atoms with Gasteiger partial charge in [-0.2, -0.15) is 0 Å². The number of benzene rings is 1. The van der Waals surface area contributed by atoms with Gasteiger partial charge in [0.15, 0.2) is 17.3 Å². The summed E-state index contributed by atoms with van der Waals surface area (Å²) in [5, 5.41) is 4.06. The molecule has 0 bridgehead atoms. The van der Waals surface area contributed by atoms with Crippen molar-refractivity contribution in [1.82, 2.24) is 9.97 Å². The first-order valence-corrected chi connectivity index (χ1v) is 6.80. The van der Waals surface area contributed by atoms with Gasteiger partial charge in [0, 0.05) is 14.2 Å². The third kappa shape index (κ3) is 3.42. The van der Waals surface area contributed by atoms with Crippen LogP contribution in [0.3, 0.4) is 0 Å². The molecule has 1 N–H and O–H groups in total. The summed E-state index contributed by atoms with van der Waals surface area (Å²) in [6.07, 6.45) is -0.405. The Bertz CT molecular complexity index is 620. The summed E-state index contributed by atoms with van der Waals surface area (Å²) in [6.45, 7) is 0.383. The molecule has 0 saturated carbocycles. The van der Waals surface area contributed by atoms with Crippen LogP contribution >= 0.6 is 34.8 Å².